The summed E-state index contributed by atoms with van der Waals surface area (Å²) in [6.07, 6.45) is 3.69. The van der Waals surface area contributed by atoms with E-state index in [0.29, 0.717) is 12.4 Å². The monoisotopic (exact) mass is 393 g/mol. The van der Waals surface area contributed by atoms with Crippen LogP contribution in [0.4, 0.5) is 4.39 Å². The fourth-order valence-electron chi connectivity index (χ4n) is 4.43. The van der Waals surface area contributed by atoms with Gasteiger partial charge < -0.3 is 14.0 Å². The van der Waals surface area contributed by atoms with Crippen LogP contribution in [0, 0.1) is 12.7 Å². The summed E-state index contributed by atoms with van der Waals surface area (Å²) < 4.78 is 28.1. The van der Waals surface area contributed by atoms with Crippen molar-refractivity contribution in [1.29, 1.82) is 0 Å². The van der Waals surface area contributed by atoms with Crippen molar-refractivity contribution in [2.24, 2.45) is 7.05 Å². The Morgan fingerprint density at radius 2 is 1.97 bits per heavy atom. The van der Waals surface area contributed by atoms with Crippen molar-refractivity contribution < 1.29 is 13.9 Å². The normalized spacial score (nSPS) is 15.6. The molecule has 5 rings (SSSR count). The van der Waals surface area contributed by atoms with Gasteiger partial charge in [-0.1, -0.05) is 0 Å². The van der Waals surface area contributed by atoms with Gasteiger partial charge in [0.1, 0.15) is 6.61 Å². The van der Waals surface area contributed by atoms with Crippen molar-refractivity contribution in [3.05, 3.63) is 48.0 Å². The first-order chi connectivity index (χ1) is 14.1. The summed E-state index contributed by atoms with van der Waals surface area (Å²) in [7, 11) is 1.99. The Balaban J connectivity index is 1.55. The fraction of sp³-hybridized carbons (Fsp3) is 0.348. The smallest absolute Gasteiger partial charge is 0.167 e. The molecule has 4 aromatic rings. The van der Waals surface area contributed by atoms with Gasteiger partial charge in [-0.05, 0) is 36.1 Å². The van der Waals surface area contributed by atoms with E-state index in [1.807, 2.05) is 31.6 Å². The van der Waals surface area contributed by atoms with Crippen LogP contribution in [0.25, 0.3) is 32.6 Å². The minimum Gasteiger partial charge on any atom is -0.489 e. The largest absolute Gasteiger partial charge is 0.489 e. The van der Waals surface area contributed by atoms with E-state index < -0.39 is 0 Å². The quantitative estimate of drug-likeness (QED) is 0.525. The Morgan fingerprint density at radius 3 is 2.79 bits per heavy atom. The van der Waals surface area contributed by atoms with E-state index in [9.17, 15) is 4.39 Å². The molecule has 5 nitrogen and oxygen atoms in total. The lowest BCUT2D eigenvalue weighted by Crippen LogP contribution is -2.38. The molecule has 0 aliphatic carbocycles. The van der Waals surface area contributed by atoms with E-state index >= 15 is 0 Å². The molecule has 0 spiro atoms. The second-order valence-corrected chi connectivity index (χ2v) is 7.66. The third kappa shape index (κ3) is 3.12. The number of halogens is 1. The van der Waals surface area contributed by atoms with E-state index in [0.717, 1.165) is 60.0 Å². The molecule has 2 aromatic carbocycles. The molecule has 150 valence electrons. The summed E-state index contributed by atoms with van der Waals surface area (Å²) >= 11 is 0. The number of rotatable bonds is 4. The molecule has 0 atom stereocenters. The van der Waals surface area contributed by atoms with Gasteiger partial charge in [0.2, 0.25) is 0 Å². The number of fused-ring (bicyclic) bond motifs is 4. The van der Waals surface area contributed by atoms with Crippen LogP contribution in [-0.2, 0) is 11.8 Å². The van der Waals surface area contributed by atoms with Gasteiger partial charge >= 0.3 is 0 Å². The van der Waals surface area contributed by atoms with Crippen molar-refractivity contribution in [1.82, 2.24) is 14.5 Å². The van der Waals surface area contributed by atoms with Gasteiger partial charge in [0, 0.05) is 61.3 Å². The molecule has 1 aliphatic heterocycles. The van der Waals surface area contributed by atoms with Crippen LogP contribution in [-0.4, -0.2) is 53.9 Å². The Kier molecular flexibility index (Phi) is 4.60. The average Bonchev–Trinajstić information content (AvgIpc) is 3.00. The van der Waals surface area contributed by atoms with E-state index in [1.54, 1.807) is 6.07 Å². The number of aromatic nitrogens is 2. The Hall–Kier alpha value is -2.70. The summed E-state index contributed by atoms with van der Waals surface area (Å²) in [5, 5.41) is 4.35. The zero-order valence-electron chi connectivity index (χ0n) is 16.7. The Morgan fingerprint density at radius 1 is 1.14 bits per heavy atom. The summed E-state index contributed by atoms with van der Waals surface area (Å²) in [6.45, 7) is 6.63. The Labute approximate surface area is 168 Å². The predicted octanol–water partition coefficient (Wildman–Crippen LogP) is 4.04. The molecule has 1 aliphatic rings. The maximum Gasteiger partial charge on any atom is 0.167 e. The minimum absolute atomic E-state index is 0.308. The first kappa shape index (κ1) is 18.3. The van der Waals surface area contributed by atoms with Gasteiger partial charge in [-0.15, -0.1) is 0 Å². The average molecular weight is 393 g/mol. The zero-order valence-corrected chi connectivity index (χ0v) is 16.7. The molecule has 0 radical (unpaired) electrons. The lowest BCUT2D eigenvalue weighted by molar-refractivity contribution is 0.0320. The van der Waals surface area contributed by atoms with E-state index in [2.05, 4.69) is 27.4 Å². The Bertz CT molecular complexity index is 1210. The topological polar surface area (TPSA) is 39.5 Å². The minimum atomic E-state index is -0.325. The number of hydrogen-bond donors (Lipinski definition) is 0. The van der Waals surface area contributed by atoms with Gasteiger partial charge in [0.25, 0.3) is 0 Å². The molecule has 1 saturated heterocycles. The molecule has 29 heavy (non-hydrogen) atoms. The van der Waals surface area contributed by atoms with Crippen molar-refractivity contribution in [3.63, 3.8) is 0 Å². The highest BCUT2D eigenvalue weighted by atomic mass is 19.1. The number of aryl methyl sites for hydroxylation is 2. The van der Waals surface area contributed by atoms with Crippen molar-refractivity contribution >= 4 is 32.6 Å². The lowest BCUT2D eigenvalue weighted by atomic mass is 10.0. The van der Waals surface area contributed by atoms with Crippen molar-refractivity contribution in [3.8, 4) is 5.75 Å². The van der Waals surface area contributed by atoms with Gasteiger partial charge in [-0.25, -0.2) is 4.39 Å². The number of ether oxygens (including phenoxy) is 2. The van der Waals surface area contributed by atoms with Crippen LogP contribution in [0.5, 0.6) is 5.75 Å². The van der Waals surface area contributed by atoms with Gasteiger partial charge in [-0.2, -0.15) is 0 Å². The van der Waals surface area contributed by atoms with Crippen molar-refractivity contribution in [2.75, 3.05) is 39.5 Å². The molecule has 2 aromatic heterocycles. The number of morpholine rings is 1. The number of benzene rings is 2. The molecular weight excluding hydrogens is 369 g/mol. The highest BCUT2D eigenvalue weighted by Gasteiger charge is 2.17. The highest BCUT2D eigenvalue weighted by molar-refractivity contribution is 6.14. The maximum atomic E-state index is 14.8. The second-order valence-electron chi connectivity index (χ2n) is 7.66. The molecule has 0 amide bonds. The van der Waals surface area contributed by atoms with Gasteiger partial charge in [0.05, 0.1) is 24.2 Å². The van der Waals surface area contributed by atoms with Gasteiger partial charge in [0.15, 0.2) is 11.6 Å². The predicted molar refractivity (Wildman–Crippen MR) is 113 cm³/mol. The molecular formula is C23H24FN3O2. The summed E-state index contributed by atoms with van der Waals surface area (Å²) in [4.78, 5) is 6.54. The number of hydrogen-bond acceptors (Lipinski definition) is 4. The standard InChI is InChI=1S/C23H24FN3O2/c1-15-17-3-4-25-14-16(17)11-19-18-12-22(20(24)13-21(18)26(2)23(15)19)29-10-7-27-5-8-28-9-6-27/h3-4,11-14H,5-10H2,1-2H3. The molecule has 0 saturated carbocycles. The SMILES string of the molecule is Cc1c2ccncc2cc2c3cc(OCCN4CCOCC4)c(F)cc3n(C)c12. The van der Waals surface area contributed by atoms with Gasteiger partial charge in [-0.3, -0.25) is 9.88 Å². The molecule has 3 heterocycles. The highest BCUT2D eigenvalue weighted by Crippen LogP contribution is 2.37. The van der Waals surface area contributed by atoms with Crippen LogP contribution in [0.1, 0.15) is 5.56 Å². The molecule has 6 heteroatoms. The van der Waals surface area contributed by atoms with E-state index in [1.165, 1.54) is 10.9 Å². The van der Waals surface area contributed by atoms with Crippen LogP contribution in [0.15, 0.2) is 36.7 Å². The molecule has 0 N–H and O–H groups in total. The second kappa shape index (κ2) is 7.28. The lowest BCUT2D eigenvalue weighted by Gasteiger charge is -2.26. The summed E-state index contributed by atoms with van der Waals surface area (Å²) in [5.74, 6) is -0.0172. The van der Waals surface area contributed by atoms with E-state index in [4.69, 9.17) is 9.47 Å². The van der Waals surface area contributed by atoms with Crippen molar-refractivity contribution in [2.45, 2.75) is 6.92 Å². The number of pyridine rings is 1. The summed E-state index contributed by atoms with van der Waals surface area (Å²) in [5.41, 5.74) is 3.15. The molecule has 0 bridgehead atoms. The van der Waals surface area contributed by atoms with Crippen LogP contribution < -0.4 is 4.74 Å². The first-order valence-corrected chi connectivity index (χ1v) is 10.0. The summed E-state index contributed by atoms with van der Waals surface area (Å²) in [6, 6.07) is 7.60. The first-order valence-electron chi connectivity index (χ1n) is 10.0. The third-order valence-corrected chi connectivity index (χ3v) is 5.97. The van der Waals surface area contributed by atoms with Crippen LogP contribution in [0.2, 0.25) is 0 Å². The molecule has 1 fully saturated rings. The number of nitrogens with zero attached hydrogens (tertiary/aromatic N) is 3. The third-order valence-electron chi connectivity index (χ3n) is 5.97. The van der Waals surface area contributed by atoms with E-state index in [-0.39, 0.29) is 5.82 Å². The zero-order chi connectivity index (χ0) is 20.0. The maximum absolute atomic E-state index is 14.8. The van der Waals surface area contributed by atoms with Crippen LogP contribution >= 0.6 is 0 Å². The van der Waals surface area contributed by atoms with Crippen LogP contribution in [0.3, 0.4) is 0 Å². The molecule has 0 unspecified atom stereocenters. The fourth-order valence-corrected chi connectivity index (χ4v) is 4.43.